The molecule has 1 N–H and O–H groups in total. The van der Waals surface area contributed by atoms with Crippen LogP contribution in [0.1, 0.15) is 27.2 Å². The van der Waals surface area contributed by atoms with Crippen molar-refractivity contribution in [3.8, 4) is 0 Å². The van der Waals surface area contributed by atoms with Crippen LogP contribution in [0.3, 0.4) is 0 Å². The molecule has 1 unspecified atom stereocenters. The minimum atomic E-state index is -1.39. The first kappa shape index (κ1) is 13.7. The van der Waals surface area contributed by atoms with E-state index in [9.17, 15) is 9.00 Å². The van der Waals surface area contributed by atoms with Gasteiger partial charge in [0.25, 0.3) is 0 Å². The van der Waals surface area contributed by atoms with Gasteiger partial charge in [-0.2, -0.15) is 0 Å². The smallest absolute Gasteiger partial charge is 0.419 e. The van der Waals surface area contributed by atoms with Crippen molar-refractivity contribution in [3.05, 3.63) is 0 Å². The summed E-state index contributed by atoms with van der Waals surface area (Å²) in [5.41, 5.74) is -0.569. The van der Waals surface area contributed by atoms with Crippen LogP contribution in [0.15, 0.2) is 0 Å². The lowest BCUT2D eigenvalue weighted by Gasteiger charge is -2.19. The zero-order valence-corrected chi connectivity index (χ0v) is 10.2. The molecule has 1 amide bonds. The van der Waals surface area contributed by atoms with E-state index in [1.807, 2.05) is 0 Å². The molecule has 0 bridgehead atoms. The lowest BCUT2D eigenvalue weighted by atomic mass is 10.2. The Morgan fingerprint density at radius 2 is 2.07 bits per heavy atom. The van der Waals surface area contributed by atoms with Crippen LogP contribution in [-0.2, 0) is 15.7 Å². The quantitative estimate of drug-likeness (QED) is 0.764. The second-order valence-corrected chi connectivity index (χ2v) is 5.38. The van der Waals surface area contributed by atoms with Crippen molar-refractivity contribution in [3.63, 3.8) is 0 Å². The molecule has 4 nitrogen and oxygen atoms in total. The van der Waals surface area contributed by atoms with E-state index in [0.29, 0.717) is 18.1 Å². The summed E-state index contributed by atoms with van der Waals surface area (Å²) in [5, 5.41) is 0. The molecular weight excluding hydrogens is 226 g/mol. The van der Waals surface area contributed by atoms with Crippen LogP contribution >= 0.6 is 11.6 Å². The highest BCUT2D eigenvalue weighted by molar-refractivity contribution is 7.83. The number of rotatable bonds is 4. The standard InChI is InChI=1S/C8H16ClNO3S/c1-8(2,3)13-7(11)10-14(12)6-4-5-9/h4-6H2,1-3H3,(H,10,11). The molecule has 84 valence electrons. The molecule has 6 heteroatoms. The normalized spacial score (nSPS) is 13.4. The van der Waals surface area contributed by atoms with E-state index in [4.69, 9.17) is 16.3 Å². The number of alkyl halides is 1. The molecular formula is C8H16ClNO3S. The number of hydrogen-bond donors (Lipinski definition) is 1. The first-order valence-electron chi connectivity index (χ1n) is 4.29. The number of hydrogen-bond acceptors (Lipinski definition) is 3. The van der Waals surface area contributed by atoms with Crippen molar-refractivity contribution in [1.82, 2.24) is 4.72 Å². The number of ether oxygens (including phenoxy) is 1. The molecule has 14 heavy (non-hydrogen) atoms. The highest BCUT2D eigenvalue weighted by atomic mass is 35.5. The largest absolute Gasteiger partial charge is 0.443 e. The molecule has 0 aromatic heterocycles. The molecule has 0 rings (SSSR count). The second kappa shape index (κ2) is 6.24. The van der Waals surface area contributed by atoms with Crippen molar-refractivity contribution < 1.29 is 13.7 Å². The van der Waals surface area contributed by atoms with Gasteiger partial charge in [-0.1, -0.05) is 0 Å². The van der Waals surface area contributed by atoms with Gasteiger partial charge in [0.15, 0.2) is 0 Å². The maximum atomic E-state index is 11.1. The summed E-state index contributed by atoms with van der Waals surface area (Å²) >= 11 is 5.41. The van der Waals surface area contributed by atoms with Crippen LogP contribution < -0.4 is 4.72 Å². The zero-order chi connectivity index (χ0) is 11.2. The Hall–Kier alpha value is -0.290. The first-order valence-corrected chi connectivity index (χ1v) is 6.14. The Morgan fingerprint density at radius 3 is 2.50 bits per heavy atom. The van der Waals surface area contributed by atoms with Gasteiger partial charge >= 0.3 is 6.09 Å². The monoisotopic (exact) mass is 241 g/mol. The highest BCUT2D eigenvalue weighted by Crippen LogP contribution is 2.06. The Morgan fingerprint density at radius 1 is 1.50 bits per heavy atom. The van der Waals surface area contributed by atoms with Crippen LogP contribution in [0.5, 0.6) is 0 Å². The highest BCUT2D eigenvalue weighted by Gasteiger charge is 2.17. The van der Waals surface area contributed by atoms with Gasteiger partial charge in [0.05, 0.1) is 0 Å². The Labute approximate surface area is 91.9 Å². The van der Waals surface area contributed by atoms with E-state index < -0.39 is 22.7 Å². The van der Waals surface area contributed by atoms with E-state index in [0.717, 1.165) is 0 Å². The molecule has 0 aromatic carbocycles. The third kappa shape index (κ3) is 8.31. The summed E-state index contributed by atoms with van der Waals surface area (Å²) in [4.78, 5) is 11.1. The second-order valence-electron chi connectivity index (χ2n) is 3.70. The van der Waals surface area contributed by atoms with Gasteiger partial charge in [0.1, 0.15) is 16.6 Å². The number of carbonyl (C=O) groups is 1. The summed E-state index contributed by atoms with van der Waals surface area (Å²) in [6.07, 6.45) is -0.0605. The molecule has 0 aliphatic heterocycles. The number of halogens is 1. The molecule has 0 heterocycles. The molecule has 0 aliphatic carbocycles. The molecule has 0 saturated heterocycles. The van der Waals surface area contributed by atoms with Crippen molar-refractivity contribution in [2.75, 3.05) is 11.6 Å². The third-order valence-corrected chi connectivity index (χ3v) is 2.38. The topological polar surface area (TPSA) is 55.4 Å². The molecule has 0 spiro atoms. The van der Waals surface area contributed by atoms with Gasteiger partial charge < -0.3 is 4.74 Å². The number of amides is 1. The minimum absolute atomic E-state index is 0.350. The van der Waals surface area contributed by atoms with E-state index in [1.54, 1.807) is 20.8 Å². The van der Waals surface area contributed by atoms with Gasteiger partial charge in [0.2, 0.25) is 0 Å². The molecule has 0 saturated carbocycles. The van der Waals surface area contributed by atoms with Crippen LogP contribution in [0.25, 0.3) is 0 Å². The summed E-state index contributed by atoms with van der Waals surface area (Å²) in [5.74, 6) is 0.782. The molecule has 1 atom stereocenters. The fraction of sp³-hybridized carbons (Fsp3) is 0.875. The van der Waals surface area contributed by atoms with Gasteiger partial charge in [0, 0.05) is 11.6 Å². The Kier molecular flexibility index (Phi) is 6.11. The van der Waals surface area contributed by atoms with E-state index in [2.05, 4.69) is 4.72 Å². The van der Waals surface area contributed by atoms with Crippen LogP contribution in [0, 0.1) is 0 Å². The van der Waals surface area contributed by atoms with Gasteiger partial charge in [-0.3, -0.25) is 0 Å². The maximum Gasteiger partial charge on any atom is 0.419 e. The van der Waals surface area contributed by atoms with Crippen molar-refractivity contribution >= 4 is 28.7 Å². The summed E-state index contributed by atoms with van der Waals surface area (Å²) in [6, 6.07) is 0. The van der Waals surface area contributed by atoms with Gasteiger partial charge in [-0.25, -0.2) is 13.7 Å². The number of carbonyl (C=O) groups excluding carboxylic acids is 1. The predicted octanol–water partition coefficient (Wildman–Crippen LogP) is 1.80. The summed E-state index contributed by atoms with van der Waals surface area (Å²) < 4.78 is 18.3. The maximum absolute atomic E-state index is 11.1. The average Bonchev–Trinajstić information content (AvgIpc) is 1.96. The van der Waals surface area contributed by atoms with Crippen molar-refractivity contribution in [2.24, 2.45) is 0 Å². The predicted molar refractivity (Wildman–Crippen MR) is 57.7 cm³/mol. The summed E-state index contributed by atoms with van der Waals surface area (Å²) in [6.45, 7) is 5.23. The molecule has 0 fully saturated rings. The Balaban J connectivity index is 3.78. The van der Waals surface area contributed by atoms with Crippen LogP contribution in [0.4, 0.5) is 4.79 Å². The first-order chi connectivity index (χ1) is 6.35. The number of nitrogens with one attached hydrogen (secondary N) is 1. The fourth-order valence-electron chi connectivity index (χ4n) is 0.629. The fourth-order valence-corrected chi connectivity index (χ4v) is 1.66. The van der Waals surface area contributed by atoms with Gasteiger partial charge in [-0.05, 0) is 27.2 Å². The third-order valence-electron chi connectivity index (χ3n) is 1.06. The van der Waals surface area contributed by atoms with E-state index in [-0.39, 0.29) is 0 Å². The van der Waals surface area contributed by atoms with E-state index in [1.165, 1.54) is 0 Å². The van der Waals surface area contributed by atoms with Crippen LogP contribution in [-0.4, -0.2) is 27.5 Å². The minimum Gasteiger partial charge on any atom is -0.443 e. The molecule has 0 radical (unpaired) electrons. The van der Waals surface area contributed by atoms with Crippen LogP contribution in [0.2, 0.25) is 0 Å². The SMILES string of the molecule is CC(C)(C)OC(=O)NS(=O)CCCCl. The van der Waals surface area contributed by atoms with E-state index >= 15 is 0 Å². The van der Waals surface area contributed by atoms with Crippen molar-refractivity contribution in [1.29, 1.82) is 0 Å². The van der Waals surface area contributed by atoms with Crippen molar-refractivity contribution in [2.45, 2.75) is 32.8 Å². The molecule has 0 aliphatic rings. The van der Waals surface area contributed by atoms with Gasteiger partial charge in [-0.15, -0.1) is 11.6 Å². The summed E-state index contributed by atoms with van der Waals surface area (Å²) in [7, 11) is -1.39. The Bertz CT molecular complexity index is 215. The lowest BCUT2D eigenvalue weighted by molar-refractivity contribution is 0.0572. The zero-order valence-electron chi connectivity index (χ0n) is 8.63. The average molecular weight is 242 g/mol. The lowest BCUT2D eigenvalue weighted by Crippen LogP contribution is -2.34. The molecule has 0 aromatic rings.